The van der Waals surface area contributed by atoms with Crippen LogP contribution in [0, 0.1) is 0 Å². The third-order valence-corrected chi connectivity index (χ3v) is 3.67. The van der Waals surface area contributed by atoms with E-state index in [-0.39, 0.29) is 0 Å². The van der Waals surface area contributed by atoms with Gasteiger partial charge in [-0.3, -0.25) is 0 Å². The van der Waals surface area contributed by atoms with E-state index < -0.39 is 0 Å². The van der Waals surface area contributed by atoms with Crippen LogP contribution in [-0.2, 0) is 0 Å². The Morgan fingerprint density at radius 1 is 1.11 bits per heavy atom. The zero-order valence-electron chi connectivity index (χ0n) is 12.6. The monoisotopic (exact) mass is 252 g/mol. The predicted molar refractivity (Wildman–Crippen MR) is 87.0 cm³/mol. The van der Waals surface area contributed by atoms with Crippen LogP contribution in [0.1, 0.15) is 39.7 Å². The molecule has 0 aliphatic heterocycles. The zero-order chi connectivity index (χ0) is 14.4. The fraction of sp³-hybridized carbons (Fsp3) is 0.263. The molecule has 0 amide bonds. The summed E-state index contributed by atoms with van der Waals surface area (Å²) in [4.78, 5) is 0. The van der Waals surface area contributed by atoms with Crippen LogP contribution in [-0.4, -0.2) is 0 Å². The lowest BCUT2D eigenvalue weighted by Gasteiger charge is -2.17. The molecule has 19 heavy (non-hydrogen) atoms. The van der Waals surface area contributed by atoms with Crippen molar-refractivity contribution in [3.05, 3.63) is 77.4 Å². The number of rotatable bonds is 5. The van der Waals surface area contributed by atoms with E-state index in [1.165, 1.54) is 27.9 Å². The van der Waals surface area contributed by atoms with E-state index in [1.54, 1.807) is 0 Å². The van der Waals surface area contributed by atoms with Crippen molar-refractivity contribution >= 4 is 5.57 Å². The van der Waals surface area contributed by atoms with E-state index in [4.69, 9.17) is 0 Å². The molecule has 1 aromatic rings. The summed E-state index contributed by atoms with van der Waals surface area (Å²) < 4.78 is 0. The summed E-state index contributed by atoms with van der Waals surface area (Å²) >= 11 is 0. The average molecular weight is 252 g/mol. The predicted octanol–water partition coefficient (Wildman–Crippen LogP) is 5.95. The maximum Gasteiger partial charge on any atom is -0.0126 e. The van der Waals surface area contributed by atoms with Crippen molar-refractivity contribution in [2.45, 2.75) is 34.1 Å². The molecule has 0 aliphatic rings. The molecular weight excluding hydrogens is 228 g/mol. The smallest absolute Gasteiger partial charge is 0.0126 e. The Kier molecular flexibility index (Phi) is 5.57. The molecule has 0 spiro atoms. The van der Waals surface area contributed by atoms with Crippen molar-refractivity contribution in [2.24, 2.45) is 0 Å². The first kappa shape index (κ1) is 15.2. The maximum absolute atomic E-state index is 4.29. The van der Waals surface area contributed by atoms with Gasteiger partial charge in [-0.05, 0) is 55.0 Å². The van der Waals surface area contributed by atoms with Gasteiger partial charge in [0.05, 0.1) is 0 Å². The highest BCUT2D eigenvalue weighted by atomic mass is 14.2. The Labute approximate surface area is 117 Å². The minimum Gasteiger partial charge on any atom is -0.0988 e. The molecule has 0 heterocycles. The average Bonchev–Trinajstić information content (AvgIpc) is 2.46. The summed E-state index contributed by atoms with van der Waals surface area (Å²) in [6.45, 7) is 16.8. The first-order valence-corrected chi connectivity index (χ1v) is 6.77. The van der Waals surface area contributed by atoms with Gasteiger partial charge in [0.25, 0.3) is 0 Å². The normalized spacial score (nSPS) is 13.5. The van der Waals surface area contributed by atoms with Crippen LogP contribution >= 0.6 is 0 Å². The molecule has 0 nitrogen and oxygen atoms in total. The van der Waals surface area contributed by atoms with E-state index in [0.29, 0.717) is 0 Å². The standard InChI is InChI=1S/C19H24/c1-7-14(3)16(5)19(15(4)8-2)17(6)18-12-10-9-11-13-18/h8-13H,2,6-7H2,1,3-5H3/b16-14+,19-15+. The SMILES string of the molecule is C=C/C(C)=C(C(=C)c1ccccc1)\C(C)=C(/C)CC. The second-order valence-electron chi connectivity index (χ2n) is 4.87. The molecular formula is C19H24. The van der Waals surface area contributed by atoms with E-state index >= 15 is 0 Å². The maximum atomic E-state index is 4.29. The summed E-state index contributed by atoms with van der Waals surface area (Å²) in [7, 11) is 0. The van der Waals surface area contributed by atoms with Crippen molar-refractivity contribution in [3.63, 3.8) is 0 Å². The van der Waals surface area contributed by atoms with Crippen molar-refractivity contribution in [1.29, 1.82) is 0 Å². The number of hydrogen-bond acceptors (Lipinski definition) is 0. The van der Waals surface area contributed by atoms with Crippen LogP contribution in [0.5, 0.6) is 0 Å². The van der Waals surface area contributed by atoms with Gasteiger partial charge in [0.2, 0.25) is 0 Å². The lowest BCUT2D eigenvalue weighted by atomic mass is 9.88. The summed E-state index contributed by atoms with van der Waals surface area (Å²) in [5.41, 5.74) is 7.35. The topological polar surface area (TPSA) is 0 Å². The molecule has 0 unspecified atom stereocenters. The van der Waals surface area contributed by atoms with Gasteiger partial charge in [-0.2, -0.15) is 0 Å². The lowest BCUT2D eigenvalue weighted by molar-refractivity contribution is 1.06. The van der Waals surface area contributed by atoms with Crippen LogP contribution in [0.15, 0.2) is 71.9 Å². The number of hydrogen-bond donors (Lipinski definition) is 0. The lowest BCUT2D eigenvalue weighted by Crippen LogP contribution is -1.96. The number of allylic oxidation sites excluding steroid dienone is 6. The quantitative estimate of drug-likeness (QED) is 0.568. The molecule has 0 aromatic heterocycles. The molecule has 0 atom stereocenters. The summed E-state index contributed by atoms with van der Waals surface area (Å²) in [6.07, 6.45) is 2.97. The third kappa shape index (κ3) is 3.57. The highest BCUT2D eigenvalue weighted by molar-refractivity contribution is 5.83. The van der Waals surface area contributed by atoms with Gasteiger partial charge < -0.3 is 0 Å². The highest BCUT2D eigenvalue weighted by Crippen LogP contribution is 2.32. The van der Waals surface area contributed by atoms with Gasteiger partial charge in [0, 0.05) is 0 Å². The Hall–Kier alpha value is -1.82. The molecule has 0 fully saturated rings. The van der Waals surface area contributed by atoms with Crippen molar-refractivity contribution in [1.82, 2.24) is 0 Å². The molecule has 0 heteroatoms. The fourth-order valence-electron chi connectivity index (χ4n) is 2.12. The molecule has 0 saturated carbocycles. The summed E-state index contributed by atoms with van der Waals surface area (Å²) in [5, 5.41) is 0. The molecule has 0 saturated heterocycles. The van der Waals surface area contributed by atoms with E-state index in [9.17, 15) is 0 Å². The molecule has 0 N–H and O–H groups in total. The van der Waals surface area contributed by atoms with Gasteiger partial charge in [0.15, 0.2) is 0 Å². The van der Waals surface area contributed by atoms with E-state index in [1.807, 2.05) is 24.3 Å². The van der Waals surface area contributed by atoms with Crippen LogP contribution < -0.4 is 0 Å². The second-order valence-corrected chi connectivity index (χ2v) is 4.87. The highest BCUT2D eigenvalue weighted by Gasteiger charge is 2.11. The number of benzene rings is 1. The Morgan fingerprint density at radius 3 is 2.16 bits per heavy atom. The largest absolute Gasteiger partial charge is 0.0988 e. The van der Waals surface area contributed by atoms with Crippen LogP contribution in [0.25, 0.3) is 5.57 Å². The van der Waals surface area contributed by atoms with Gasteiger partial charge in [-0.1, -0.05) is 62.1 Å². The van der Waals surface area contributed by atoms with Gasteiger partial charge >= 0.3 is 0 Å². The summed E-state index contributed by atoms with van der Waals surface area (Å²) in [5.74, 6) is 0. The fourth-order valence-corrected chi connectivity index (χ4v) is 2.12. The summed E-state index contributed by atoms with van der Waals surface area (Å²) in [6, 6.07) is 10.3. The van der Waals surface area contributed by atoms with Crippen molar-refractivity contribution < 1.29 is 0 Å². The minimum atomic E-state index is 1.06. The Balaban J connectivity index is 3.37. The zero-order valence-corrected chi connectivity index (χ0v) is 12.6. The third-order valence-electron chi connectivity index (χ3n) is 3.67. The van der Waals surface area contributed by atoms with Crippen LogP contribution in [0.2, 0.25) is 0 Å². The first-order valence-electron chi connectivity index (χ1n) is 6.77. The van der Waals surface area contributed by atoms with Crippen LogP contribution in [0.4, 0.5) is 0 Å². The van der Waals surface area contributed by atoms with E-state index in [0.717, 1.165) is 12.0 Å². The van der Waals surface area contributed by atoms with Gasteiger partial charge in [-0.15, -0.1) is 0 Å². The second kappa shape index (κ2) is 6.94. The molecule has 1 rings (SSSR count). The van der Waals surface area contributed by atoms with Crippen molar-refractivity contribution in [2.75, 3.05) is 0 Å². The Bertz CT molecular complexity index is 524. The Morgan fingerprint density at radius 2 is 1.68 bits per heavy atom. The molecule has 0 bridgehead atoms. The van der Waals surface area contributed by atoms with Gasteiger partial charge in [-0.25, -0.2) is 0 Å². The van der Waals surface area contributed by atoms with E-state index in [2.05, 4.69) is 53.0 Å². The van der Waals surface area contributed by atoms with Crippen LogP contribution in [0.3, 0.4) is 0 Å². The molecule has 0 radical (unpaired) electrons. The van der Waals surface area contributed by atoms with Gasteiger partial charge in [0.1, 0.15) is 0 Å². The first-order chi connectivity index (χ1) is 9.02. The molecule has 100 valence electrons. The van der Waals surface area contributed by atoms with Crippen molar-refractivity contribution in [3.8, 4) is 0 Å². The minimum absolute atomic E-state index is 1.06. The molecule has 1 aromatic carbocycles. The molecule has 0 aliphatic carbocycles.